The number of cyclic esters (lactones) is 1. The van der Waals surface area contributed by atoms with E-state index >= 15 is 0 Å². The van der Waals surface area contributed by atoms with E-state index in [2.05, 4.69) is 0 Å². The predicted octanol–water partition coefficient (Wildman–Crippen LogP) is 4.13. The fraction of sp³-hybridized carbons (Fsp3) is 0.531. The Labute approximate surface area is 244 Å². The highest BCUT2D eigenvalue weighted by Gasteiger charge is 2.61. The van der Waals surface area contributed by atoms with E-state index in [-0.39, 0.29) is 36.0 Å². The molecule has 1 N–H and O–H groups in total. The predicted molar refractivity (Wildman–Crippen MR) is 148 cm³/mol. The van der Waals surface area contributed by atoms with Gasteiger partial charge in [0.2, 0.25) is 0 Å². The monoisotopic (exact) mass is 582 g/mol. The number of rotatable bonds is 7. The molecule has 6 atom stereocenters. The summed E-state index contributed by atoms with van der Waals surface area (Å²) in [5, 5.41) is 12.2. The van der Waals surface area contributed by atoms with E-state index < -0.39 is 69.9 Å². The molecule has 4 rings (SSSR count). The highest BCUT2D eigenvalue weighted by molar-refractivity contribution is 6.10. The molecule has 0 spiro atoms. The third kappa shape index (κ3) is 5.17. The minimum absolute atomic E-state index is 0.0160. The quantitative estimate of drug-likeness (QED) is 0.283. The van der Waals surface area contributed by atoms with Gasteiger partial charge in [0.05, 0.1) is 19.6 Å². The van der Waals surface area contributed by atoms with Crippen LogP contribution in [0.1, 0.15) is 72.5 Å². The van der Waals surface area contributed by atoms with Crippen LogP contribution in [0.25, 0.3) is 0 Å². The van der Waals surface area contributed by atoms with Crippen molar-refractivity contribution in [2.45, 2.75) is 78.6 Å². The van der Waals surface area contributed by atoms with Crippen molar-refractivity contribution in [3.05, 3.63) is 59.1 Å². The fourth-order valence-electron chi connectivity index (χ4n) is 6.51. The van der Waals surface area contributed by atoms with Crippen LogP contribution in [-0.2, 0) is 38.2 Å². The molecule has 42 heavy (non-hydrogen) atoms. The van der Waals surface area contributed by atoms with Gasteiger partial charge in [0.25, 0.3) is 0 Å². The van der Waals surface area contributed by atoms with Crippen molar-refractivity contribution in [1.29, 1.82) is 0 Å². The SMILES string of the molecule is C/C=C(\C)C(=O)O[C@H](C1=CC(C)(C)[C@H](CC(=O)OC)[C@@H](C)C1=O)[C@@]1(O)CC[C@]2(C)C(=CC(=O)O[C@H]2c2ccoc2)C1=O. The molecule has 226 valence electrons. The second-order valence-corrected chi connectivity index (χ2v) is 12.3. The zero-order chi connectivity index (χ0) is 31.2. The molecule has 2 heterocycles. The van der Waals surface area contributed by atoms with Gasteiger partial charge in [-0.05, 0) is 44.1 Å². The number of fused-ring (bicyclic) bond motifs is 1. The molecule has 1 aromatic heterocycles. The zero-order valence-corrected chi connectivity index (χ0v) is 25.0. The molecule has 10 heteroatoms. The molecule has 1 aromatic rings. The largest absolute Gasteiger partial charge is 0.472 e. The molecular weight excluding hydrogens is 544 g/mol. The summed E-state index contributed by atoms with van der Waals surface area (Å²) >= 11 is 0. The lowest BCUT2D eigenvalue weighted by atomic mass is 9.57. The topological polar surface area (TPSA) is 146 Å². The zero-order valence-electron chi connectivity index (χ0n) is 25.0. The van der Waals surface area contributed by atoms with E-state index in [9.17, 15) is 29.1 Å². The number of ketones is 2. The van der Waals surface area contributed by atoms with Gasteiger partial charge in [0.1, 0.15) is 6.10 Å². The minimum Gasteiger partial charge on any atom is -0.472 e. The van der Waals surface area contributed by atoms with Crippen molar-refractivity contribution >= 4 is 29.5 Å². The van der Waals surface area contributed by atoms with Crippen LogP contribution in [0.5, 0.6) is 0 Å². The maximum Gasteiger partial charge on any atom is 0.334 e. The number of ether oxygens (including phenoxy) is 3. The standard InChI is InChI=1S/C32H38O10/c1-8-17(2)29(37)42-28(20-15-30(4,5)21(13-23(33)39-7)18(3)25(20)35)32(38)11-10-31(6)22(26(32)36)14-24(34)41-27(31)19-9-12-40-16-19/h8-9,12,14-16,18,21,27-28,38H,10-11,13H2,1-7H3/b17-8+/t18-,21-,27+,28-,31-,32-/m1/s1. The Morgan fingerprint density at radius 1 is 1.19 bits per heavy atom. The average molecular weight is 583 g/mol. The number of methoxy groups -OCH3 is 1. The first kappa shape index (κ1) is 31.2. The molecule has 0 unspecified atom stereocenters. The molecule has 3 aliphatic rings. The number of hydrogen-bond acceptors (Lipinski definition) is 10. The molecule has 0 saturated heterocycles. The first-order chi connectivity index (χ1) is 19.6. The number of carbonyl (C=O) groups excluding carboxylic acids is 5. The first-order valence-corrected chi connectivity index (χ1v) is 14.0. The number of carbonyl (C=O) groups is 5. The van der Waals surface area contributed by atoms with Crippen molar-refractivity contribution in [1.82, 2.24) is 0 Å². The maximum atomic E-state index is 14.3. The summed E-state index contributed by atoms with van der Waals surface area (Å²) in [7, 11) is 1.27. The maximum absolute atomic E-state index is 14.3. The lowest BCUT2D eigenvalue weighted by molar-refractivity contribution is -0.175. The second kappa shape index (κ2) is 11.1. The van der Waals surface area contributed by atoms with Crippen LogP contribution >= 0.6 is 0 Å². The van der Waals surface area contributed by atoms with Gasteiger partial charge in [-0.2, -0.15) is 0 Å². The molecule has 1 fully saturated rings. The van der Waals surface area contributed by atoms with Gasteiger partial charge in [-0.15, -0.1) is 0 Å². The number of hydrogen-bond donors (Lipinski definition) is 1. The number of allylic oxidation sites excluding steroid dienone is 2. The van der Waals surface area contributed by atoms with Gasteiger partial charge in [-0.3, -0.25) is 14.4 Å². The Balaban J connectivity index is 1.83. The number of furan rings is 1. The van der Waals surface area contributed by atoms with E-state index in [0.717, 1.165) is 6.08 Å². The van der Waals surface area contributed by atoms with Gasteiger partial charge < -0.3 is 23.7 Å². The van der Waals surface area contributed by atoms with Crippen molar-refractivity contribution in [3.8, 4) is 0 Å². The van der Waals surface area contributed by atoms with Crippen LogP contribution < -0.4 is 0 Å². The Morgan fingerprint density at radius 3 is 2.48 bits per heavy atom. The fourth-order valence-corrected chi connectivity index (χ4v) is 6.51. The third-order valence-corrected chi connectivity index (χ3v) is 9.29. The van der Waals surface area contributed by atoms with Crippen LogP contribution in [-0.4, -0.2) is 53.4 Å². The molecule has 0 bridgehead atoms. The van der Waals surface area contributed by atoms with Crippen molar-refractivity contribution < 1.29 is 47.7 Å². The second-order valence-electron chi connectivity index (χ2n) is 12.3. The van der Waals surface area contributed by atoms with Crippen LogP contribution in [0.15, 0.2) is 58.0 Å². The summed E-state index contributed by atoms with van der Waals surface area (Å²) < 4.78 is 21.5. The van der Waals surface area contributed by atoms with Crippen molar-refractivity contribution in [2.75, 3.05) is 7.11 Å². The number of esters is 3. The summed E-state index contributed by atoms with van der Waals surface area (Å²) in [4.78, 5) is 66.1. The minimum atomic E-state index is -2.36. The molecule has 1 saturated carbocycles. The van der Waals surface area contributed by atoms with Gasteiger partial charge in [0.15, 0.2) is 23.3 Å². The van der Waals surface area contributed by atoms with E-state index in [1.807, 2.05) is 13.8 Å². The Kier molecular flexibility index (Phi) is 8.25. The Bertz CT molecular complexity index is 1390. The lowest BCUT2D eigenvalue weighted by Gasteiger charge is -2.50. The summed E-state index contributed by atoms with van der Waals surface area (Å²) in [6, 6.07) is 1.64. The van der Waals surface area contributed by atoms with Gasteiger partial charge in [0, 0.05) is 46.1 Å². The van der Waals surface area contributed by atoms with Gasteiger partial charge in [-0.1, -0.05) is 39.8 Å². The molecule has 0 aromatic carbocycles. The molecule has 10 nitrogen and oxygen atoms in total. The Hall–Kier alpha value is -3.79. The summed E-state index contributed by atoms with van der Waals surface area (Å²) in [5.74, 6) is -4.49. The molecular formula is C32H38O10. The molecule has 0 radical (unpaired) electrons. The van der Waals surface area contributed by atoms with Crippen molar-refractivity contribution in [3.63, 3.8) is 0 Å². The van der Waals surface area contributed by atoms with Crippen LogP contribution in [0.4, 0.5) is 0 Å². The smallest absolute Gasteiger partial charge is 0.334 e. The van der Waals surface area contributed by atoms with E-state index in [0.29, 0.717) is 5.56 Å². The van der Waals surface area contributed by atoms with Crippen LogP contribution in [0.3, 0.4) is 0 Å². The number of aliphatic hydroxyl groups is 1. The molecule has 1 aliphatic heterocycles. The molecule has 0 amide bonds. The van der Waals surface area contributed by atoms with E-state index in [1.54, 1.807) is 32.9 Å². The molecule has 2 aliphatic carbocycles. The highest BCUT2D eigenvalue weighted by Crippen LogP contribution is 2.56. The van der Waals surface area contributed by atoms with Gasteiger partial charge >= 0.3 is 17.9 Å². The average Bonchev–Trinajstić information content (AvgIpc) is 3.49. The Morgan fingerprint density at radius 2 is 1.88 bits per heavy atom. The van der Waals surface area contributed by atoms with Crippen LogP contribution in [0, 0.1) is 22.7 Å². The van der Waals surface area contributed by atoms with Crippen molar-refractivity contribution in [2.24, 2.45) is 22.7 Å². The first-order valence-electron chi connectivity index (χ1n) is 14.0. The van der Waals surface area contributed by atoms with Gasteiger partial charge in [-0.25, -0.2) is 9.59 Å². The lowest BCUT2D eigenvalue weighted by Crippen LogP contribution is -2.60. The normalized spacial score (nSPS) is 31.8. The van der Waals surface area contributed by atoms with E-state index in [4.69, 9.17) is 18.6 Å². The highest BCUT2D eigenvalue weighted by atomic mass is 16.6. The van der Waals surface area contributed by atoms with E-state index in [1.165, 1.54) is 32.6 Å². The third-order valence-electron chi connectivity index (χ3n) is 9.29. The number of Topliss-reactive ketones (excluding diaryl/α,β-unsaturated/α-hetero) is 2. The summed E-state index contributed by atoms with van der Waals surface area (Å²) in [5.41, 5.74) is -3.40. The summed E-state index contributed by atoms with van der Waals surface area (Å²) in [6.45, 7) is 10.3. The summed E-state index contributed by atoms with van der Waals surface area (Å²) in [6.07, 6.45) is 4.47. The van der Waals surface area contributed by atoms with Crippen LogP contribution in [0.2, 0.25) is 0 Å².